The van der Waals surface area contributed by atoms with E-state index in [0.29, 0.717) is 23.7 Å². The number of halogens is 1. The molecule has 0 saturated carbocycles. The summed E-state index contributed by atoms with van der Waals surface area (Å²) in [4.78, 5) is 13.2. The maximum absolute atomic E-state index is 11.5. The third kappa shape index (κ3) is 3.73. The summed E-state index contributed by atoms with van der Waals surface area (Å²) in [6.07, 6.45) is 1.60. The van der Waals surface area contributed by atoms with Crippen LogP contribution in [-0.4, -0.2) is 47.0 Å². The third-order valence-electron chi connectivity index (χ3n) is 4.14. The fraction of sp³-hybridized carbons (Fsp3) is 0.733. The van der Waals surface area contributed by atoms with Gasteiger partial charge in [0, 0.05) is 38.3 Å². The summed E-state index contributed by atoms with van der Waals surface area (Å²) in [6.45, 7) is 6.40. The smallest absolute Gasteiger partial charge is 0.409 e. The Hall–Kier alpha value is -1.27. The second-order valence-corrected chi connectivity index (χ2v) is 6.40. The highest BCUT2D eigenvalue weighted by Gasteiger charge is 2.24. The molecule has 1 saturated heterocycles. The molecule has 0 aromatic carbocycles. The number of nitrogens with zero attached hydrogens (tertiary/aromatic N) is 3. The predicted molar refractivity (Wildman–Crippen MR) is 86.1 cm³/mol. The average molecular weight is 329 g/mol. The first-order chi connectivity index (χ1) is 10.4. The summed E-state index contributed by atoms with van der Waals surface area (Å²) in [5.41, 5.74) is 2.13. The van der Waals surface area contributed by atoms with E-state index < -0.39 is 0 Å². The molecule has 0 spiro atoms. The fourth-order valence-corrected chi connectivity index (χ4v) is 3.04. The highest BCUT2D eigenvalue weighted by molar-refractivity contribution is 6.30. The van der Waals surface area contributed by atoms with E-state index in [1.165, 1.54) is 7.11 Å². The van der Waals surface area contributed by atoms with Crippen LogP contribution in [0.15, 0.2) is 0 Å². The van der Waals surface area contributed by atoms with E-state index in [0.717, 1.165) is 37.2 Å². The largest absolute Gasteiger partial charge is 0.453 e. The second-order valence-electron chi connectivity index (χ2n) is 6.05. The first-order valence-corrected chi connectivity index (χ1v) is 8.09. The van der Waals surface area contributed by atoms with Crippen molar-refractivity contribution in [2.75, 3.05) is 20.2 Å². The standard InChI is InChI=1S/C15H25ClN4O2/c1-10(2)13-12(14(16)19(3)18-13)9-17-11-5-7-20(8-6-11)15(21)22-4/h10-11,17H,5-9H2,1-4H3. The van der Waals surface area contributed by atoms with Crippen LogP contribution in [0.4, 0.5) is 4.79 Å². The Morgan fingerprint density at radius 3 is 2.64 bits per heavy atom. The number of rotatable bonds is 4. The zero-order valence-corrected chi connectivity index (χ0v) is 14.5. The Morgan fingerprint density at radius 1 is 1.45 bits per heavy atom. The van der Waals surface area contributed by atoms with E-state index in [4.69, 9.17) is 16.3 Å². The van der Waals surface area contributed by atoms with Crippen molar-refractivity contribution in [3.05, 3.63) is 16.4 Å². The fourth-order valence-electron chi connectivity index (χ4n) is 2.84. The molecule has 1 aliphatic rings. The summed E-state index contributed by atoms with van der Waals surface area (Å²) >= 11 is 6.35. The Bertz CT molecular complexity index is 522. The maximum Gasteiger partial charge on any atom is 0.409 e. The van der Waals surface area contributed by atoms with Crippen molar-refractivity contribution in [3.63, 3.8) is 0 Å². The van der Waals surface area contributed by atoms with Gasteiger partial charge in [0.15, 0.2) is 0 Å². The van der Waals surface area contributed by atoms with Crippen LogP contribution in [0, 0.1) is 0 Å². The van der Waals surface area contributed by atoms with Gasteiger partial charge >= 0.3 is 6.09 Å². The van der Waals surface area contributed by atoms with Crippen LogP contribution in [0.5, 0.6) is 0 Å². The molecule has 2 heterocycles. The number of amides is 1. The second kappa shape index (κ2) is 7.33. The number of aromatic nitrogens is 2. The molecule has 1 aliphatic heterocycles. The molecule has 22 heavy (non-hydrogen) atoms. The van der Waals surface area contributed by atoms with Crippen LogP contribution in [0.3, 0.4) is 0 Å². The molecule has 0 unspecified atom stereocenters. The molecule has 0 aliphatic carbocycles. The SMILES string of the molecule is COC(=O)N1CCC(NCc2c(C(C)C)nn(C)c2Cl)CC1. The molecule has 1 fully saturated rings. The molecule has 124 valence electrons. The van der Waals surface area contributed by atoms with Crippen molar-refractivity contribution < 1.29 is 9.53 Å². The van der Waals surface area contributed by atoms with E-state index >= 15 is 0 Å². The molecule has 1 amide bonds. The van der Waals surface area contributed by atoms with Crippen LogP contribution in [0.25, 0.3) is 0 Å². The molecule has 0 bridgehead atoms. The third-order valence-corrected chi connectivity index (χ3v) is 4.61. The Morgan fingerprint density at radius 2 is 2.09 bits per heavy atom. The molecule has 0 radical (unpaired) electrons. The average Bonchev–Trinajstić information content (AvgIpc) is 2.80. The number of likely N-dealkylation sites (tertiary alicyclic amines) is 1. The number of hydrogen-bond donors (Lipinski definition) is 1. The van der Waals surface area contributed by atoms with E-state index in [-0.39, 0.29) is 6.09 Å². The molecule has 2 rings (SSSR count). The molecule has 1 N–H and O–H groups in total. The van der Waals surface area contributed by atoms with Crippen LogP contribution in [0.1, 0.15) is 43.9 Å². The molecule has 0 atom stereocenters. The quantitative estimate of drug-likeness (QED) is 0.922. The molecular weight excluding hydrogens is 304 g/mol. The van der Waals surface area contributed by atoms with E-state index in [9.17, 15) is 4.79 Å². The lowest BCUT2D eigenvalue weighted by molar-refractivity contribution is 0.109. The Balaban J connectivity index is 1.91. The number of carbonyl (C=O) groups excluding carboxylic acids is 1. The van der Waals surface area contributed by atoms with Gasteiger partial charge in [0.05, 0.1) is 12.8 Å². The molecule has 7 heteroatoms. The molecule has 6 nitrogen and oxygen atoms in total. The van der Waals surface area contributed by atoms with Gasteiger partial charge in [0.1, 0.15) is 5.15 Å². The Kier molecular flexibility index (Phi) is 5.69. The van der Waals surface area contributed by atoms with Crippen molar-refractivity contribution in [2.45, 2.75) is 45.2 Å². The highest BCUT2D eigenvalue weighted by Crippen LogP contribution is 2.25. The Labute approximate surface area is 136 Å². The lowest BCUT2D eigenvalue weighted by atomic mass is 10.0. The number of carbonyl (C=O) groups is 1. The highest BCUT2D eigenvalue weighted by atomic mass is 35.5. The minimum Gasteiger partial charge on any atom is -0.453 e. The van der Waals surface area contributed by atoms with E-state index in [1.54, 1.807) is 9.58 Å². The van der Waals surface area contributed by atoms with Crippen LogP contribution >= 0.6 is 11.6 Å². The summed E-state index contributed by atoms with van der Waals surface area (Å²) in [7, 11) is 3.29. The zero-order chi connectivity index (χ0) is 16.3. The van der Waals surface area contributed by atoms with Gasteiger partial charge in [0.2, 0.25) is 0 Å². The number of ether oxygens (including phenoxy) is 1. The predicted octanol–water partition coefficient (Wildman–Crippen LogP) is 2.52. The van der Waals surface area contributed by atoms with E-state index in [2.05, 4.69) is 24.3 Å². The van der Waals surface area contributed by atoms with Gasteiger partial charge < -0.3 is 15.0 Å². The monoisotopic (exact) mass is 328 g/mol. The first-order valence-electron chi connectivity index (χ1n) is 7.71. The van der Waals surface area contributed by atoms with Gasteiger partial charge in [-0.3, -0.25) is 4.68 Å². The molecular formula is C15H25ClN4O2. The lowest BCUT2D eigenvalue weighted by Gasteiger charge is -2.31. The van der Waals surface area contributed by atoms with Crippen molar-refractivity contribution in [1.29, 1.82) is 0 Å². The number of nitrogens with one attached hydrogen (secondary N) is 1. The van der Waals surface area contributed by atoms with Crippen LogP contribution in [0.2, 0.25) is 5.15 Å². The van der Waals surface area contributed by atoms with Crippen molar-refractivity contribution >= 4 is 17.7 Å². The first kappa shape index (κ1) is 17.1. The number of methoxy groups -OCH3 is 1. The van der Waals surface area contributed by atoms with Gasteiger partial charge in [-0.15, -0.1) is 0 Å². The van der Waals surface area contributed by atoms with Gasteiger partial charge in [-0.25, -0.2) is 4.79 Å². The normalized spacial score (nSPS) is 16.4. The minimum absolute atomic E-state index is 0.240. The van der Waals surface area contributed by atoms with Crippen LogP contribution < -0.4 is 5.32 Å². The lowest BCUT2D eigenvalue weighted by Crippen LogP contribution is -2.44. The van der Waals surface area contributed by atoms with Crippen molar-refractivity contribution in [1.82, 2.24) is 20.0 Å². The topological polar surface area (TPSA) is 59.4 Å². The number of hydrogen-bond acceptors (Lipinski definition) is 4. The van der Waals surface area contributed by atoms with Crippen molar-refractivity contribution in [3.8, 4) is 0 Å². The van der Waals surface area contributed by atoms with Gasteiger partial charge in [-0.2, -0.15) is 5.10 Å². The minimum atomic E-state index is -0.240. The maximum atomic E-state index is 11.5. The summed E-state index contributed by atoms with van der Waals surface area (Å²) in [5, 5.41) is 8.74. The number of piperidine rings is 1. The molecule has 1 aromatic rings. The van der Waals surface area contributed by atoms with Gasteiger partial charge in [-0.1, -0.05) is 25.4 Å². The van der Waals surface area contributed by atoms with Crippen LogP contribution in [-0.2, 0) is 18.3 Å². The van der Waals surface area contributed by atoms with E-state index in [1.807, 2.05) is 7.05 Å². The molecule has 1 aromatic heterocycles. The number of aryl methyl sites for hydroxylation is 1. The summed E-state index contributed by atoms with van der Waals surface area (Å²) < 4.78 is 6.48. The van der Waals surface area contributed by atoms with Gasteiger partial charge in [0.25, 0.3) is 0 Å². The summed E-state index contributed by atoms with van der Waals surface area (Å²) in [6, 6.07) is 0.386. The van der Waals surface area contributed by atoms with Crippen molar-refractivity contribution in [2.24, 2.45) is 7.05 Å². The summed E-state index contributed by atoms with van der Waals surface area (Å²) in [5.74, 6) is 0.344. The van der Waals surface area contributed by atoms with Gasteiger partial charge in [-0.05, 0) is 18.8 Å². The zero-order valence-electron chi connectivity index (χ0n) is 13.7.